The Hall–Kier alpha value is -1.87. The Kier molecular flexibility index (Phi) is 6.22. The normalized spacial score (nSPS) is 10.6. The fraction of sp³-hybridized carbons (Fsp3) is 0.333. The lowest BCUT2D eigenvalue weighted by Gasteiger charge is -2.09. The van der Waals surface area contributed by atoms with E-state index >= 15 is 0 Å². The van der Waals surface area contributed by atoms with E-state index in [1.54, 1.807) is 12.1 Å². The summed E-state index contributed by atoms with van der Waals surface area (Å²) in [5.74, 6) is 0.567. The van der Waals surface area contributed by atoms with Crippen LogP contribution in [0.1, 0.15) is 25.3 Å². The third-order valence-electron chi connectivity index (χ3n) is 3.07. The van der Waals surface area contributed by atoms with Gasteiger partial charge in [0.1, 0.15) is 5.75 Å². The topological polar surface area (TPSA) is 18.5 Å². The highest BCUT2D eigenvalue weighted by molar-refractivity contribution is 5.35. The molecule has 0 unspecified atom stereocenters. The molecule has 0 radical (unpaired) electrons. The molecule has 0 atom stereocenters. The smallest absolute Gasteiger partial charge is 0.165 e. The first-order chi connectivity index (χ1) is 10.3. The van der Waals surface area contributed by atoms with Gasteiger partial charge in [0.25, 0.3) is 0 Å². The van der Waals surface area contributed by atoms with Gasteiger partial charge in [0.2, 0.25) is 0 Å². The Morgan fingerprint density at radius 3 is 2.57 bits per heavy atom. The largest absolute Gasteiger partial charge is 0.454 e. The first-order valence-corrected chi connectivity index (χ1v) is 7.38. The molecule has 0 heterocycles. The van der Waals surface area contributed by atoms with Crippen molar-refractivity contribution in [2.45, 2.75) is 26.2 Å². The minimum atomic E-state index is -0.343. The average Bonchev–Trinajstić information content (AvgIpc) is 2.51. The van der Waals surface area contributed by atoms with Gasteiger partial charge in [0.05, 0.1) is 0 Å². The van der Waals surface area contributed by atoms with E-state index in [9.17, 15) is 4.39 Å². The minimum absolute atomic E-state index is 0.271. The van der Waals surface area contributed by atoms with Crippen LogP contribution in [0.5, 0.6) is 11.5 Å². The number of benzene rings is 2. The summed E-state index contributed by atoms with van der Waals surface area (Å²) in [5.41, 5.74) is 1.06. The first-order valence-electron chi connectivity index (χ1n) is 7.38. The van der Waals surface area contributed by atoms with Crippen LogP contribution in [-0.2, 0) is 11.2 Å². The van der Waals surface area contributed by atoms with Crippen molar-refractivity contribution in [2.75, 3.05) is 13.2 Å². The lowest BCUT2D eigenvalue weighted by Crippen LogP contribution is -1.98. The summed E-state index contributed by atoms with van der Waals surface area (Å²) in [6, 6.07) is 14.3. The Labute approximate surface area is 125 Å². The van der Waals surface area contributed by atoms with Gasteiger partial charge in [-0.25, -0.2) is 4.39 Å². The highest BCUT2D eigenvalue weighted by atomic mass is 19.1. The van der Waals surface area contributed by atoms with E-state index in [0.29, 0.717) is 5.75 Å². The Balaban J connectivity index is 1.94. The summed E-state index contributed by atoms with van der Waals surface area (Å²) in [4.78, 5) is 0. The number of para-hydroxylation sites is 1. The van der Waals surface area contributed by atoms with E-state index in [2.05, 4.69) is 6.92 Å². The van der Waals surface area contributed by atoms with Crippen LogP contribution in [0, 0.1) is 5.82 Å². The number of rotatable bonds is 8. The molecule has 0 N–H and O–H groups in total. The molecular formula is C18H21FO2. The van der Waals surface area contributed by atoms with Gasteiger partial charge in [-0.3, -0.25) is 0 Å². The third kappa shape index (κ3) is 5.20. The highest BCUT2D eigenvalue weighted by Gasteiger charge is 2.06. The first kappa shape index (κ1) is 15.5. The van der Waals surface area contributed by atoms with E-state index < -0.39 is 0 Å². The summed E-state index contributed by atoms with van der Waals surface area (Å²) in [6.45, 7) is 3.62. The average molecular weight is 288 g/mol. The van der Waals surface area contributed by atoms with Crippen molar-refractivity contribution >= 4 is 0 Å². The summed E-state index contributed by atoms with van der Waals surface area (Å²) >= 11 is 0. The second kappa shape index (κ2) is 8.42. The van der Waals surface area contributed by atoms with E-state index in [1.807, 2.05) is 30.3 Å². The molecule has 0 fully saturated rings. The fourth-order valence-corrected chi connectivity index (χ4v) is 2.02. The predicted molar refractivity (Wildman–Crippen MR) is 82.3 cm³/mol. The van der Waals surface area contributed by atoms with Crippen molar-refractivity contribution in [3.63, 3.8) is 0 Å². The zero-order valence-electron chi connectivity index (χ0n) is 12.3. The van der Waals surface area contributed by atoms with Gasteiger partial charge in [-0.05, 0) is 49.1 Å². The van der Waals surface area contributed by atoms with E-state index in [-0.39, 0.29) is 11.6 Å². The predicted octanol–water partition coefficient (Wildman–Crippen LogP) is 4.98. The van der Waals surface area contributed by atoms with Crippen molar-refractivity contribution in [2.24, 2.45) is 0 Å². The Morgan fingerprint density at radius 2 is 1.81 bits per heavy atom. The molecule has 2 nitrogen and oxygen atoms in total. The monoisotopic (exact) mass is 288 g/mol. The molecule has 0 aromatic heterocycles. The fourth-order valence-electron chi connectivity index (χ4n) is 2.02. The quantitative estimate of drug-likeness (QED) is 0.638. The van der Waals surface area contributed by atoms with Gasteiger partial charge in [-0.15, -0.1) is 0 Å². The van der Waals surface area contributed by atoms with Crippen LogP contribution in [0.25, 0.3) is 0 Å². The molecule has 2 aromatic rings. The molecule has 0 saturated heterocycles. The number of hydrogen-bond donors (Lipinski definition) is 0. The lowest BCUT2D eigenvalue weighted by atomic mass is 10.1. The second-order valence-electron chi connectivity index (χ2n) is 4.90. The Morgan fingerprint density at radius 1 is 1.00 bits per heavy atom. The second-order valence-corrected chi connectivity index (χ2v) is 4.90. The van der Waals surface area contributed by atoms with Gasteiger partial charge in [0, 0.05) is 13.2 Å². The lowest BCUT2D eigenvalue weighted by molar-refractivity contribution is 0.132. The summed E-state index contributed by atoms with van der Waals surface area (Å²) in [6.07, 6.45) is 2.82. The van der Waals surface area contributed by atoms with Crippen LogP contribution >= 0.6 is 0 Å². The minimum Gasteiger partial charge on any atom is -0.454 e. The molecule has 21 heavy (non-hydrogen) atoms. The van der Waals surface area contributed by atoms with Gasteiger partial charge >= 0.3 is 0 Å². The van der Waals surface area contributed by atoms with E-state index in [1.165, 1.54) is 6.07 Å². The van der Waals surface area contributed by atoms with Crippen molar-refractivity contribution in [1.82, 2.24) is 0 Å². The molecule has 2 aromatic carbocycles. The molecule has 0 bridgehead atoms. The zero-order valence-corrected chi connectivity index (χ0v) is 12.3. The molecule has 0 aliphatic heterocycles. The molecule has 112 valence electrons. The SMILES string of the molecule is CCCOCCCc1ccc(F)c(Oc2ccccc2)c1. The van der Waals surface area contributed by atoms with Crippen LogP contribution in [0.3, 0.4) is 0 Å². The summed E-state index contributed by atoms with van der Waals surface area (Å²) in [5, 5.41) is 0. The third-order valence-corrected chi connectivity index (χ3v) is 3.07. The van der Waals surface area contributed by atoms with E-state index in [0.717, 1.165) is 38.0 Å². The number of aryl methyl sites for hydroxylation is 1. The molecule has 0 spiro atoms. The van der Waals surface area contributed by atoms with Gasteiger partial charge in [-0.1, -0.05) is 31.2 Å². The van der Waals surface area contributed by atoms with Crippen LogP contribution < -0.4 is 4.74 Å². The molecule has 0 aliphatic rings. The zero-order chi connectivity index (χ0) is 14.9. The maximum absolute atomic E-state index is 13.8. The number of ether oxygens (including phenoxy) is 2. The molecule has 0 aliphatic carbocycles. The van der Waals surface area contributed by atoms with Gasteiger partial charge in [-0.2, -0.15) is 0 Å². The molecule has 0 amide bonds. The van der Waals surface area contributed by atoms with Crippen LogP contribution in [0.2, 0.25) is 0 Å². The molecular weight excluding hydrogens is 267 g/mol. The summed E-state index contributed by atoms with van der Waals surface area (Å²) < 4.78 is 24.8. The summed E-state index contributed by atoms with van der Waals surface area (Å²) in [7, 11) is 0. The van der Waals surface area contributed by atoms with Gasteiger partial charge < -0.3 is 9.47 Å². The molecule has 2 rings (SSSR count). The van der Waals surface area contributed by atoms with Crippen LogP contribution in [-0.4, -0.2) is 13.2 Å². The maximum atomic E-state index is 13.8. The molecule has 3 heteroatoms. The van der Waals surface area contributed by atoms with Crippen LogP contribution in [0.4, 0.5) is 4.39 Å². The number of halogens is 1. The van der Waals surface area contributed by atoms with Crippen molar-refractivity contribution in [1.29, 1.82) is 0 Å². The van der Waals surface area contributed by atoms with Crippen molar-refractivity contribution in [3.05, 3.63) is 59.9 Å². The maximum Gasteiger partial charge on any atom is 0.165 e. The van der Waals surface area contributed by atoms with E-state index in [4.69, 9.17) is 9.47 Å². The van der Waals surface area contributed by atoms with Crippen molar-refractivity contribution in [3.8, 4) is 11.5 Å². The van der Waals surface area contributed by atoms with Gasteiger partial charge in [0.15, 0.2) is 11.6 Å². The standard InChI is InChI=1S/C18H21FO2/c1-2-12-20-13-6-7-15-10-11-17(19)18(14-15)21-16-8-4-3-5-9-16/h3-5,8-11,14H,2,6-7,12-13H2,1H3. The number of hydrogen-bond acceptors (Lipinski definition) is 2. The Bertz CT molecular complexity index is 540. The van der Waals surface area contributed by atoms with Crippen molar-refractivity contribution < 1.29 is 13.9 Å². The van der Waals surface area contributed by atoms with Crippen LogP contribution in [0.15, 0.2) is 48.5 Å². The molecule has 0 saturated carbocycles. The highest BCUT2D eigenvalue weighted by Crippen LogP contribution is 2.25.